The van der Waals surface area contributed by atoms with Crippen molar-refractivity contribution in [1.82, 2.24) is 9.62 Å². The summed E-state index contributed by atoms with van der Waals surface area (Å²) in [6.45, 7) is 6.54. The number of likely N-dealkylation sites (N-methyl/N-ethyl adjacent to an activating group) is 1. The molecule has 160 valence electrons. The van der Waals surface area contributed by atoms with Crippen molar-refractivity contribution in [3.05, 3.63) is 71.4 Å². The summed E-state index contributed by atoms with van der Waals surface area (Å²) < 4.78 is 35.5. The smallest absolute Gasteiger partial charge is 0.306 e. The average Bonchev–Trinajstić information content (AvgIpc) is 2.74. The highest BCUT2D eigenvalue weighted by atomic mass is 32.2. The molecule has 0 spiro atoms. The molecule has 7 nitrogen and oxygen atoms in total. The average molecular weight is 430 g/mol. The molecule has 1 N–H and O–H groups in total. The van der Waals surface area contributed by atoms with Crippen LogP contribution in [-0.4, -0.2) is 39.4 Å². The van der Waals surface area contributed by atoms with Gasteiger partial charge in [-0.1, -0.05) is 30.3 Å². The van der Waals surface area contributed by atoms with Gasteiger partial charge in [-0.05, 0) is 50.6 Å². The van der Waals surface area contributed by atoms with Crippen LogP contribution in [0, 0.1) is 0 Å². The van der Waals surface area contributed by atoms with Gasteiger partial charge < -0.3 is 9.64 Å². The summed E-state index contributed by atoms with van der Waals surface area (Å²) in [4.78, 5) is 15.1. The molecule has 2 aromatic carbocycles. The highest BCUT2D eigenvalue weighted by Crippen LogP contribution is 2.37. The normalized spacial score (nSPS) is 18.3. The van der Waals surface area contributed by atoms with Crippen molar-refractivity contribution >= 4 is 21.8 Å². The Hall–Kier alpha value is -2.84. The molecule has 0 saturated heterocycles. The van der Waals surface area contributed by atoms with Gasteiger partial charge in [-0.3, -0.25) is 4.79 Å². The molecule has 1 amide bonds. The molecule has 1 aliphatic rings. The molecule has 8 heteroatoms. The number of nitrogens with zero attached hydrogens (tertiary/aromatic N) is 2. The summed E-state index contributed by atoms with van der Waals surface area (Å²) >= 11 is 0. The second-order valence-electron chi connectivity index (χ2n) is 6.91. The minimum Gasteiger partial charge on any atom is -0.497 e. The second-order valence-corrected chi connectivity index (χ2v) is 8.46. The number of methoxy groups -OCH3 is 1. The third-order valence-corrected chi connectivity index (χ3v) is 6.71. The van der Waals surface area contributed by atoms with Gasteiger partial charge in [-0.25, -0.2) is 4.31 Å². The van der Waals surface area contributed by atoms with Crippen LogP contribution in [0.15, 0.2) is 65.9 Å². The molecule has 1 aliphatic heterocycles. The molecule has 1 atom stereocenters. The van der Waals surface area contributed by atoms with E-state index in [1.807, 2.05) is 19.9 Å². The number of para-hydroxylation sites is 1. The molecular weight excluding hydrogens is 402 g/mol. The molecule has 0 saturated carbocycles. The lowest BCUT2D eigenvalue weighted by atomic mass is 9.96. The topological polar surface area (TPSA) is 79.0 Å². The van der Waals surface area contributed by atoms with Gasteiger partial charge in [-0.15, -0.1) is 0 Å². The van der Waals surface area contributed by atoms with Crippen molar-refractivity contribution in [2.45, 2.75) is 26.8 Å². The van der Waals surface area contributed by atoms with E-state index in [4.69, 9.17) is 4.74 Å². The van der Waals surface area contributed by atoms with Crippen molar-refractivity contribution in [2.75, 3.05) is 24.5 Å². The first-order chi connectivity index (χ1) is 14.3. The van der Waals surface area contributed by atoms with Gasteiger partial charge in [0.2, 0.25) is 0 Å². The van der Waals surface area contributed by atoms with Gasteiger partial charge in [0, 0.05) is 18.8 Å². The van der Waals surface area contributed by atoms with Crippen LogP contribution in [0.25, 0.3) is 0 Å². The van der Waals surface area contributed by atoms with Gasteiger partial charge in [0.25, 0.3) is 5.91 Å². The minimum atomic E-state index is -3.92. The summed E-state index contributed by atoms with van der Waals surface area (Å²) in [5.74, 6) is 0.460. The SMILES string of the molecule is CCN(CC)C(=O)C1=C(C)N(c2ccccc2)S(=O)(=O)NC1c1ccc(OC)cc1. The minimum absolute atomic E-state index is 0.193. The molecule has 0 bridgehead atoms. The molecular formula is C22H27N3O4S. The zero-order chi connectivity index (χ0) is 21.9. The van der Waals surface area contributed by atoms with Crippen LogP contribution in [-0.2, 0) is 15.0 Å². The van der Waals surface area contributed by atoms with E-state index in [2.05, 4.69) is 4.72 Å². The number of hydrogen-bond acceptors (Lipinski definition) is 4. The Bertz CT molecular complexity index is 1030. The monoisotopic (exact) mass is 429 g/mol. The molecule has 0 aliphatic carbocycles. The molecule has 0 fully saturated rings. The Morgan fingerprint density at radius 3 is 2.20 bits per heavy atom. The van der Waals surface area contributed by atoms with E-state index >= 15 is 0 Å². The Morgan fingerprint density at radius 2 is 1.67 bits per heavy atom. The Balaban J connectivity index is 2.21. The first-order valence-electron chi connectivity index (χ1n) is 9.85. The van der Waals surface area contributed by atoms with E-state index in [9.17, 15) is 13.2 Å². The number of allylic oxidation sites excluding steroid dienone is 1. The molecule has 1 unspecified atom stereocenters. The number of nitrogens with one attached hydrogen (secondary N) is 1. The fraction of sp³-hybridized carbons (Fsp3) is 0.318. The summed E-state index contributed by atoms with van der Waals surface area (Å²) in [5, 5.41) is 0. The highest BCUT2D eigenvalue weighted by molar-refractivity contribution is 7.91. The van der Waals surface area contributed by atoms with E-state index in [1.165, 1.54) is 4.31 Å². The fourth-order valence-electron chi connectivity index (χ4n) is 3.65. The van der Waals surface area contributed by atoms with Crippen LogP contribution in [0.2, 0.25) is 0 Å². The van der Waals surface area contributed by atoms with Crippen LogP contribution in [0.4, 0.5) is 5.69 Å². The third kappa shape index (κ3) is 4.06. The molecule has 0 radical (unpaired) electrons. The lowest BCUT2D eigenvalue weighted by molar-refractivity contribution is -0.127. The summed E-state index contributed by atoms with van der Waals surface area (Å²) in [7, 11) is -2.36. The third-order valence-electron chi connectivity index (χ3n) is 5.21. The summed E-state index contributed by atoms with van der Waals surface area (Å²) in [5.41, 5.74) is 1.93. The Labute approximate surface area is 178 Å². The number of benzene rings is 2. The van der Waals surface area contributed by atoms with E-state index in [-0.39, 0.29) is 5.91 Å². The quantitative estimate of drug-likeness (QED) is 0.765. The van der Waals surface area contributed by atoms with Gasteiger partial charge in [0.05, 0.1) is 24.4 Å². The summed E-state index contributed by atoms with van der Waals surface area (Å²) in [6.07, 6.45) is 0. The second kappa shape index (κ2) is 8.89. The van der Waals surface area contributed by atoms with Crippen molar-refractivity contribution in [3.63, 3.8) is 0 Å². The lowest BCUT2D eigenvalue weighted by Gasteiger charge is -2.37. The van der Waals surface area contributed by atoms with Crippen LogP contribution >= 0.6 is 0 Å². The predicted molar refractivity (Wildman–Crippen MR) is 117 cm³/mol. The number of anilines is 1. The summed E-state index contributed by atoms with van der Waals surface area (Å²) in [6, 6.07) is 15.0. The maximum absolute atomic E-state index is 13.4. The number of rotatable bonds is 6. The molecule has 0 aromatic heterocycles. The first kappa shape index (κ1) is 21.9. The maximum Gasteiger partial charge on any atom is 0.306 e. The van der Waals surface area contributed by atoms with Crippen LogP contribution in [0.1, 0.15) is 32.4 Å². The maximum atomic E-state index is 13.4. The van der Waals surface area contributed by atoms with Crippen molar-refractivity contribution < 1.29 is 17.9 Å². The first-order valence-corrected chi connectivity index (χ1v) is 11.3. The van der Waals surface area contributed by atoms with Crippen LogP contribution in [0.3, 0.4) is 0 Å². The van der Waals surface area contributed by atoms with Crippen molar-refractivity contribution in [3.8, 4) is 5.75 Å². The fourth-order valence-corrected chi connectivity index (χ4v) is 5.16. The van der Waals surface area contributed by atoms with Crippen LogP contribution < -0.4 is 13.8 Å². The zero-order valence-corrected chi connectivity index (χ0v) is 18.4. The lowest BCUT2D eigenvalue weighted by Crippen LogP contribution is -2.50. The van der Waals surface area contributed by atoms with Crippen LogP contribution in [0.5, 0.6) is 5.75 Å². The highest BCUT2D eigenvalue weighted by Gasteiger charge is 2.41. The van der Waals surface area contributed by atoms with Gasteiger partial charge in [0.15, 0.2) is 0 Å². The number of ether oxygens (including phenoxy) is 1. The van der Waals surface area contributed by atoms with E-state index in [1.54, 1.807) is 67.5 Å². The predicted octanol–water partition coefficient (Wildman–Crippen LogP) is 3.23. The molecule has 2 aromatic rings. The molecule has 1 heterocycles. The number of amides is 1. The van der Waals surface area contributed by atoms with Gasteiger partial charge in [-0.2, -0.15) is 13.1 Å². The molecule has 30 heavy (non-hydrogen) atoms. The largest absolute Gasteiger partial charge is 0.497 e. The zero-order valence-electron chi connectivity index (χ0n) is 17.6. The molecule has 3 rings (SSSR count). The van der Waals surface area contributed by atoms with E-state index in [0.29, 0.717) is 41.4 Å². The van der Waals surface area contributed by atoms with Gasteiger partial charge >= 0.3 is 10.2 Å². The number of carbonyl (C=O) groups excluding carboxylic acids is 1. The van der Waals surface area contributed by atoms with Gasteiger partial charge in [0.1, 0.15) is 5.75 Å². The number of hydrogen-bond donors (Lipinski definition) is 1. The van der Waals surface area contributed by atoms with Crippen molar-refractivity contribution in [1.29, 1.82) is 0 Å². The Morgan fingerprint density at radius 1 is 1.07 bits per heavy atom. The van der Waals surface area contributed by atoms with Crippen molar-refractivity contribution in [2.24, 2.45) is 0 Å². The Kier molecular flexibility index (Phi) is 6.48. The van der Waals surface area contributed by atoms with E-state index < -0.39 is 16.3 Å². The number of carbonyl (C=O) groups is 1. The standard InChI is InChI=1S/C22H27N3O4S/c1-5-24(6-2)22(26)20-16(3)25(18-10-8-7-9-11-18)30(27,28)23-21(20)17-12-14-19(29-4)15-13-17/h7-15,21,23H,5-6H2,1-4H3. The van der Waals surface area contributed by atoms with E-state index in [0.717, 1.165) is 0 Å².